The van der Waals surface area contributed by atoms with Crippen molar-refractivity contribution in [1.29, 1.82) is 0 Å². The quantitative estimate of drug-likeness (QED) is 0.108. The molecule has 328 valence electrons. The Balaban J connectivity index is 1.08. The third-order valence-corrected chi connectivity index (χ3v) is 15.3. The number of rotatable bonds is 14. The Kier molecular flexibility index (Phi) is 12.7. The van der Waals surface area contributed by atoms with Crippen molar-refractivity contribution in [3.8, 4) is 50.6 Å². The molecule has 0 saturated carbocycles. The Hall–Kier alpha value is -6.74. The zero-order valence-electron chi connectivity index (χ0n) is 37.4. The van der Waals surface area contributed by atoms with Crippen LogP contribution in [0.5, 0.6) is 17.2 Å². The van der Waals surface area contributed by atoms with Crippen LogP contribution in [0.4, 0.5) is 0 Å². The standard InChI is InChI=1S/C57H52O6S2/c1-39(2)41-17-27-49(28-18-41)64(58,59)51-31-23-47(24-32-51)57(5,6)63-56-36-22-46(38-54(56)44-15-11-8-12-16-44)45-21-35-55(53(37-45)43-13-9-7-10-14-43)62-48-25-33-52(34-26-48)65(60,61)50-29-19-42(20-30-50)40(3)4/h7-40H,1-6H3. The zero-order valence-corrected chi connectivity index (χ0v) is 39.0. The van der Waals surface area contributed by atoms with Crippen molar-refractivity contribution in [3.05, 3.63) is 211 Å². The van der Waals surface area contributed by atoms with Gasteiger partial charge in [0.25, 0.3) is 0 Å². The summed E-state index contributed by atoms with van der Waals surface area (Å²) in [6.45, 7) is 12.3. The number of ether oxygens (including phenoxy) is 2. The van der Waals surface area contributed by atoms with E-state index in [0.717, 1.165) is 50.1 Å². The minimum Gasteiger partial charge on any atom is -0.483 e. The highest BCUT2D eigenvalue weighted by Crippen LogP contribution is 2.42. The molecule has 0 atom stereocenters. The lowest BCUT2D eigenvalue weighted by atomic mass is 9.94. The summed E-state index contributed by atoms with van der Waals surface area (Å²) in [7, 11) is -7.42. The van der Waals surface area contributed by atoms with E-state index in [9.17, 15) is 16.8 Å². The summed E-state index contributed by atoms with van der Waals surface area (Å²) in [5, 5.41) is 0. The molecule has 8 heteroatoms. The highest BCUT2D eigenvalue weighted by atomic mass is 32.2. The first-order valence-electron chi connectivity index (χ1n) is 21.8. The molecule has 0 saturated heterocycles. The molecule has 0 spiro atoms. The van der Waals surface area contributed by atoms with E-state index < -0.39 is 25.3 Å². The summed E-state index contributed by atoms with van der Waals surface area (Å²) in [5.74, 6) is 2.41. The average Bonchev–Trinajstić information content (AvgIpc) is 3.32. The second-order valence-electron chi connectivity index (χ2n) is 17.3. The van der Waals surface area contributed by atoms with E-state index in [1.54, 1.807) is 60.7 Å². The van der Waals surface area contributed by atoms with Gasteiger partial charge in [0, 0.05) is 11.1 Å². The molecule has 0 fully saturated rings. The minimum absolute atomic E-state index is 0.193. The molecular weight excluding hydrogens is 845 g/mol. The molecule has 8 rings (SSSR count). The van der Waals surface area contributed by atoms with E-state index in [-0.39, 0.29) is 19.6 Å². The van der Waals surface area contributed by atoms with E-state index in [4.69, 9.17) is 9.47 Å². The topological polar surface area (TPSA) is 86.7 Å². The van der Waals surface area contributed by atoms with E-state index in [1.807, 2.05) is 123 Å². The van der Waals surface area contributed by atoms with Crippen molar-refractivity contribution in [2.24, 2.45) is 0 Å². The maximum atomic E-state index is 13.6. The number of benzene rings is 8. The molecule has 65 heavy (non-hydrogen) atoms. The third-order valence-electron chi connectivity index (χ3n) is 11.8. The predicted molar refractivity (Wildman–Crippen MR) is 261 cm³/mol. The minimum atomic E-state index is -3.71. The summed E-state index contributed by atoms with van der Waals surface area (Å²) in [5.41, 5.74) is 7.78. The molecule has 0 aromatic heterocycles. The van der Waals surface area contributed by atoms with Gasteiger partial charge < -0.3 is 9.47 Å². The molecule has 0 heterocycles. The second-order valence-corrected chi connectivity index (χ2v) is 21.2. The summed E-state index contributed by atoms with van der Waals surface area (Å²) in [6, 6.07) is 60.0. The monoisotopic (exact) mass is 896 g/mol. The van der Waals surface area contributed by atoms with E-state index in [2.05, 4.69) is 52.0 Å². The SMILES string of the molecule is CC(C)c1ccc(S(=O)(=O)c2ccc(Oc3ccc(-c4ccc(OC(C)(C)c5ccc(S(=O)(=O)c6ccc(C(C)C)cc6)cc5)c(-c5ccccc5)c4)cc3-c3ccccc3)cc2)cc1. The molecule has 0 bridgehead atoms. The van der Waals surface area contributed by atoms with Crippen molar-refractivity contribution < 1.29 is 26.3 Å². The number of sulfone groups is 2. The molecule has 6 nitrogen and oxygen atoms in total. The van der Waals surface area contributed by atoms with Crippen LogP contribution in [0.3, 0.4) is 0 Å². The first-order chi connectivity index (χ1) is 31.1. The van der Waals surface area contributed by atoms with Gasteiger partial charge in [0.15, 0.2) is 0 Å². The molecule has 8 aromatic rings. The molecule has 8 aromatic carbocycles. The highest BCUT2D eigenvalue weighted by Gasteiger charge is 2.27. The van der Waals surface area contributed by atoms with Gasteiger partial charge >= 0.3 is 0 Å². The molecular formula is C57H52O6S2. The van der Waals surface area contributed by atoms with Crippen molar-refractivity contribution >= 4 is 19.7 Å². The van der Waals surface area contributed by atoms with Crippen LogP contribution in [0.2, 0.25) is 0 Å². The number of hydrogen-bond acceptors (Lipinski definition) is 6. The molecule has 0 aliphatic carbocycles. The predicted octanol–water partition coefficient (Wildman–Crippen LogP) is 14.7. The van der Waals surface area contributed by atoms with Crippen molar-refractivity contribution in [2.75, 3.05) is 0 Å². The third kappa shape index (κ3) is 9.70. The van der Waals surface area contributed by atoms with Crippen molar-refractivity contribution in [2.45, 2.75) is 78.6 Å². The Morgan fingerprint density at radius 1 is 0.400 bits per heavy atom. The molecule has 0 N–H and O–H groups in total. The summed E-state index contributed by atoms with van der Waals surface area (Å²) in [4.78, 5) is 0.931. The fourth-order valence-corrected chi connectivity index (χ4v) is 10.3. The largest absolute Gasteiger partial charge is 0.483 e. The van der Waals surface area contributed by atoms with Crippen molar-refractivity contribution in [3.63, 3.8) is 0 Å². The van der Waals surface area contributed by atoms with Gasteiger partial charge in [-0.3, -0.25) is 0 Å². The number of hydrogen-bond donors (Lipinski definition) is 0. The second kappa shape index (κ2) is 18.4. The van der Waals surface area contributed by atoms with Crippen molar-refractivity contribution in [1.82, 2.24) is 0 Å². The molecule has 0 aliphatic heterocycles. The lowest BCUT2D eigenvalue weighted by molar-refractivity contribution is 0.109. The van der Waals surface area contributed by atoms with Crippen LogP contribution in [0.1, 0.15) is 70.1 Å². The molecule has 0 unspecified atom stereocenters. The van der Waals surface area contributed by atoms with Gasteiger partial charge in [0.1, 0.15) is 22.8 Å². The van der Waals surface area contributed by atoms with E-state index in [1.165, 1.54) is 0 Å². The molecule has 0 amide bonds. The maximum absolute atomic E-state index is 13.6. The van der Waals surface area contributed by atoms with Crippen LogP contribution in [0, 0.1) is 0 Å². The Morgan fingerprint density at radius 3 is 1.18 bits per heavy atom. The van der Waals surface area contributed by atoms with Crippen LogP contribution in [0.25, 0.3) is 33.4 Å². The van der Waals surface area contributed by atoms with Gasteiger partial charge in [-0.25, -0.2) is 16.8 Å². The normalized spacial score (nSPS) is 12.1. The van der Waals surface area contributed by atoms with Gasteiger partial charge in [-0.05, 0) is 150 Å². The maximum Gasteiger partial charge on any atom is 0.206 e. The average molecular weight is 897 g/mol. The molecule has 0 radical (unpaired) electrons. The smallest absolute Gasteiger partial charge is 0.206 e. The fraction of sp³-hybridized carbons (Fsp3) is 0.158. The lowest BCUT2D eigenvalue weighted by Crippen LogP contribution is -2.25. The van der Waals surface area contributed by atoms with Gasteiger partial charge in [0.2, 0.25) is 19.7 Å². The van der Waals surface area contributed by atoms with Gasteiger partial charge in [-0.1, -0.05) is 137 Å². The van der Waals surface area contributed by atoms with Crippen LogP contribution < -0.4 is 9.47 Å². The Bertz CT molecular complexity index is 3140. The Morgan fingerprint density at radius 2 is 0.769 bits per heavy atom. The van der Waals surface area contributed by atoms with Crippen LogP contribution in [-0.2, 0) is 25.3 Å². The summed E-state index contributed by atoms with van der Waals surface area (Å²) >= 11 is 0. The summed E-state index contributed by atoms with van der Waals surface area (Å²) < 4.78 is 67.5. The van der Waals surface area contributed by atoms with E-state index >= 15 is 0 Å². The van der Waals surface area contributed by atoms with E-state index in [0.29, 0.717) is 29.1 Å². The fourth-order valence-electron chi connectivity index (χ4n) is 7.80. The van der Waals surface area contributed by atoms with Crippen LogP contribution in [-0.4, -0.2) is 16.8 Å². The van der Waals surface area contributed by atoms with Gasteiger partial charge in [-0.15, -0.1) is 0 Å². The van der Waals surface area contributed by atoms with Crippen LogP contribution in [0.15, 0.2) is 214 Å². The first kappa shape index (κ1) is 44.9. The highest BCUT2D eigenvalue weighted by molar-refractivity contribution is 7.91. The zero-order chi connectivity index (χ0) is 45.9. The first-order valence-corrected chi connectivity index (χ1v) is 24.7. The van der Waals surface area contributed by atoms with Gasteiger partial charge in [-0.2, -0.15) is 0 Å². The lowest BCUT2D eigenvalue weighted by Gasteiger charge is -2.29. The van der Waals surface area contributed by atoms with Crippen LogP contribution >= 0.6 is 0 Å². The summed E-state index contributed by atoms with van der Waals surface area (Å²) in [6.07, 6.45) is 0. The Labute approximate surface area is 384 Å². The molecule has 0 aliphatic rings. The van der Waals surface area contributed by atoms with Gasteiger partial charge in [0.05, 0.1) is 19.6 Å².